The molecule has 4 nitrogen and oxygen atoms in total. The molecular formula is C11H12Cl2N2O2S. The van der Waals surface area contributed by atoms with Gasteiger partial charge >= 0.3 is 0 Å². The maximum Gasteiger partial charge on any atom is 0.223 e. The van der Waals surface area contributed by atoms with Gasteiger partial charge in [0.2, 0.25) is 14.4 Å². The summed E-state index contributed by atoms with van der Waals surface area (Å²) in [5, 5.41) is 8.94. The first kappa shape index (κ1) is 15.3. The lowest BCUT2D eigenvalue weighted by molar-refractivity contribution is 0.557. The molecule has 1 aromatic carbocycles. The molecule has 1 N–H and O–H groups in total. The number of halogens is 2. The Morgan fingerprint density at radius 2 is 2.06 bits per heavy atom. The van der Waals surface area contributed by atoms with Crippen molar-refractivity contribution in [1.29, 1.82) is 5.26 Å². The van der Waals surface area contributed by atoms with Gasteiger partial charge in [-0.25, -0.2) is 13.1 Å². The summed E-state index contributed by atoms with van der Waals surface area (Å²) in [7, 11) is -3.55. The first-order valence-corrected chi connectivity index (χ1v) is 7.63. The standard InChI is InChI=1S/C11H12Cl2N2O2S/c1-8-4-3-5-9(6-8)10(11(12,13)7-14)15-18(2,16)17/h3-6,10,15H,1-2H3. The molecule has 7 heteroatoms. The lowest BCUT2D eigenvalue weighted by atomic mass is 10.0. The Morgan fingerprint density at radius 1 is 1.44 bits per heavy atom. The van der Waals surface area contributed by atoms with Gasteiger partial charge in [-0.2, -0.15) is 5.26 Å². The average Bonchev–Trinajstić information content (AvgIpc) is 2.24. The molecule has 0 aliphatic carbocycles. The monoisotopic (exact) mass is 306 g/mol. The fraction of sp³-hybridized carbons (Fsp3) is 0.364. The lowest BCUT2D eigenvalue weighted by Gasteiger charge is -2.24. The van der Waals surface area contributed by atoms with Crippen LogP contribution in [-0.2, 0) is 10.0 Å². The summed E-state index contributed by atoms with van der Waals surface area (Å²) in [6.45, 7) is 1.84. The lowest BCUT2D eigenvalue weighted by Crippen LogP contribution is -2.38. The number of nitrogens with zero attached hydrogens (tertiary/aromatic N) is 1. The predicted octanol–water partition coefficient (Wildman–Crippen LogP) is 2.28. The van der Waals surface area contributed by atoms with Crippen LogP contribution in [0.2, 0.25) is 0 Å². The molecule has 1 rings (SSSR count). The van der Waals surface area contributed by atoms with E-state index in [4.69, 9.17) is 28.5 Å². The van der Waals surface area contributed by atoms with Crippen LogP contribution in [0.4, 0.5) is 0 Å². The molecule has 1 aromatic rings. The highest BCUT2D eigenvalue weighted by molar-refractivity contribution is 7.88. The largest absolute Gasteiger partial charge is 0.223 e. The second kappa shape index (κ2) is 5.45. The van der Waals surface area contributed by atoms with Crippen LogP contribution in [0.25, 0.3) is 0 Å². The second-order valence-corrected chi connectivity index (χ2v) is 7.14. The minimum absolute atomic E-state index is 0.534. The number of benzene rings is 1. The van der Waals surface area contributed by atoms with Gasteiger partial charge in [0.15, 0.2) is 0 Å². The summed E-state index contributed by atoms with van der Waals surface area (Å²) in [4.78, 5) is 0. The topological polar surface area (TPSA) is 70.0 Å². The smallest absolute Gasteiger partial charge is 0.213 e. The van der Waals surface area contributed by atoms with Gasteiger partial charge < -0.3 is 0 Å². The third kappa shape index (κ3) is 4.14. The van der Waals surface area contributed by atoms with Gasteiger partial charge in [-0.05, 0) is 12.5 Å². The van der Waals surface area contributed by atoms with Crippen molar-refractivity contribution in [3.8, 4) is 6.07 Å². The molecule has 0 aliphatic rings. The van der Waals surface area contributed by atoms with Crippen LogP contribution in [0.1, 0.15) is 17.2 Å². The molecule has 0 amide bonds. The Hall–Kier alpha value is -0.800. The SMILES string of the molecule is Cc1cccc(C(NS(C)(=O)=O)C(Cl)(Cl)C#N)c1. The fourth-order valence-corrected chi connectivity index (χ4v) is 2.71. The minimum Gasteiger partial charge on any atom is -0.213 e. The maximum atomic E-state index is 11.3. The van der Waals surface area contributed by atoms with E-state index in [2.05, 4.69) is 4.72 Å². The average molecular weight is 307 g/mol. The molecule has 0 saturated carbocycles. The zero-order valence-electron chi connectivity index (χ0n) is 9.81. The zero-order valence-corrected chi connectivity index (χ0v) is 12.1. The molecule has 0 aromatic heterocycles. The maximum absolute atomic E-state index is 11.3. The number of rotatable bonds is 4. The summed E-state index contributed by atoms with van der Waals surface area (Å²) < 4.78 is 23.0. The molecule has 0 fully saturated rings. The molecule has 0 spiro atoms. The Labute approximate surface area is 117 Å². The van der Waals surface area contributed by atoms with E-state index in [1.165, 1.54) is 0 Å². The van der Waals surface area contributed by atoms with E-state index >= 15 is 0 Å². The van der Waals surface area contributed by atoms with E-state index in [0.717, 1.165) is 11.8 Å². The van der Waals surface area contributed by atoms with Crippen molar-refractivity contribution in [2.45, 2.75) is 17.3 Å². The third-order valence-corrected chi connectivity index (χ3v) is 3.49. The van der Waals surface area contributed by atoms with Crippen molar-refractivity contribution in [2.24, 2.45) is 0 Å². The van der Waals surface area contributed by atoms with Gasteiger partial charge in [-0.3, -0.25) is 0 Å². The summed E-state index contributed by atoms with van der Waals surface area (Å²) in [5.41, 5.74) is 1.45. The van der Waals surface area contributed by atoms with Crippen LogP contribution in [0.5, 0.6) is 0 Å². The highest BCUT2D eigenvalue weighted by Gasteiger charge is 2.38. The summed E-state index contributed by atoms with van der Waals surface area (Å²) in [6, 6.07) is 7.62. The van der Waals surface area contributed by atoms with Crippen molar-refractivity contribution in [1.82, 2.24) is 4.72 Å². The Balaban J connectivity index is 3.26. The van der Waals surface area contributed by atoms with E-state index in [0.29, 0.717) is 5.56 Å². The second-order valence-electron chi connectivity index (χ2n) is 3.97. The molecule has 0 aliphatic heterocycles. The first-order chi connectivity index (χ1) is 8.15. The Kier molecular flexibility index (Phi) is 4.62. The molecule has 18 heavy (non-hydrogen) atoms. The zero-order chi connectivity index (χ0) is 14.0. The van der Waals surface area contributed by atoms with Gasteiger partial charge in [0.05, 0.1) is 12.3 Å². The molecule has 0 heterocycles. The van der Waals surface area contributed by atoms with Crippen LogP contribution in [0, 0.1) is 18.3 Å². The van der Waals surface area contributed by atoms with E-state index in [1.807, 2.05) is 13.0 Å². The van der Waals surface area contributed by atoms with E-state index in [-0.39, 0.29) is 0 Å². The molecule has 98 valence electrons. The molecule has 0 radical (unpaired) electrons. The third-order valence-electron chi connectivity index (χ3n) is 2.22. The molecular weight excluding hydrogens is 295 g/mol. The van der Waals surface area contributed by atoms with Gasteiger partial charge in [0.1, 0.15) is 6.07 Å². The van der Waals surface area contributed by atoms with Crippen molar-refractivity contribution in [3.05, 3.63) is 35.4 Å². The minimum atomic E-state index is -3.55. The molecule has 0 saturated heterocycles. The number of hydrogen-bond donors (Lipinski definition) is 1. The Morgan fingerprint density at radius 3 is 2.50 bits per heavy atom. The van der Waals surface area contributed by atoms with Crippen molar-refractivity contribution in [2.75, 3.05) is 6.26 Å². The summed E-state index contributed by atoms with van der Waals surface area (Å²) >= 11 is 11.7. The number of nitrogens with one attached hydrogen (secondary N) is 1. The highest BCUT2D eigenvalue weighted by atomic mass is 35.5. The Bertz CT molecular complexity index is 579. The first-order valence-electron chi connectivity index (χ1n) is 4.98. The van der Waals surface area contributed by atoms with E-state index < -0.39 is 20.4 Å². The van der Waals surface area contributed by atoms with E-state index in [1.54, 1.807) is 24.3 Å². The highest BCUT2D eigenvalue weighted by Crippen LogP contribution is 2.36. The summed E-state index contributed by atoms with van der Waals surface area (Å²) in [6.07, 6.45) is 0.983. The van der Waals surface area contributed by atoms with Gasteiger partial charge in [-0.1, -0.05) is 53.0 Å². The predicted molar refractivity (Wildman–Crippen MR) is 71.9 cm³/mol. The van der Waals surface area contributed by atoms with E-state index in [9.17, 15) is 8.42 Å². The van der Waals surface area contributed by atoms with Crippen molar-refractivity contribution < 1.29 is 8.42 Å². The fourth-order valence-electron chi connectivity index (χ4n) is 1.48. The quantitative estimate of drug-likeness (QED) is 0.868. The van der Waals surface area contributed by atoms with Gasteiger partial charge in [0.25, 0.3) is 0 Å². The molecule has 0 bridgehead atoms. The van der Waals surface area contributed by atoms with Crippen LogP contribution in [-0.4, -0.2) is 19.0 Å². The van der Waals surface area contributed by atoms with Crippen molar-refractivity contribution in [3.63, 3.8) is 0 Å². The number of aryl methyl sites for hydroxylation is 1. The number of hydrogen-bond acceptors (Lipinski definition) is 3. The molecule has 1 atom stereocenters. The van der Waals surface area contributed by atoms with Crippen LogP contribution in [0.15, 0.2) is 24.3 Å². The van der Waals surface area contributed by atoms with Gasteiger partial charge in [0, 0.05) is 0 Å². The van der Waals surface area contributed by atoms with Crippen LogP contribution < -0.4 is 4.72 Å². The molecule has 1 unspecified atom stereocenters. The van der Waals surface area contributed by atoms with Gasteiger partial charge in [-0.15, -0.1) is 0 Å². The summed E-state index contributed by atoms with van der Waals surface area (Å²) in [5.74, 6) is 0. The van der Waals surface area contributed by atoms with Crippen molar-refractivity contribution >= 4 is 33.2 Å². The number of nitriles is 1. The van der Waals surface area contributed by atoms with Crippen LogP contribution >= 0.6 is 23.2 Å². The van der Waals surface area contributed by atoms with Crippen LogP contribution in [0.3, 0.4) is 0 Å². The number of sulfonamides is 1. The normalized spacial score (nSPS) is 13.9. The number of alkyl halides is 2.